The number of nitrogens with two attached hydrogens (primary N) is 1. The normalized spacial score (nSPS) is 14.2. The fourth-order valence-electron chi connectivity index (χ4n) is 4.88. The molecular formula is C28H40N6O3. The van der Waals surface area contributed by atoms with Gasteiger partial charge in [0.25, 0.3) is 0 Å². The molecule has 1 aromatic carbocycles. The summed E-state index contributed by atoms with van der Waals surface area (Å²) >= 11 is 0. The lowest BCUT2D eigenvalue weighted by atomic mass is 10.1. The van der Waals surface area contributed by atoms with Gasteiger partial charge in [-0.15, -0.1) is 0 Å². The lowest BCUT2D eigenvalue weighted by Gasteiger charge is -2.26. The van der Waals surface area contributed by atoms with Crippen LogP contribution in [0.25, 0.3) is 11.0 Å². The highest BCUT2D eigenvalue weighted by Crippen LogP contribution is 2.26. The maximum atomic E-state index is 12.4. The zero-order valence-electron chi connectivity index (χ0n) is 22.2. The van der Waals surface area contributed by atoms with Crippen LogP contribution in [0.3, 0.4) is 0 Å². The molecule has 0 spiro atoms. The van der Waals surface area contributed by atoms with Crippen LogP contribution in [-0.4, -0.2) is 71.8 Å². The van der Waals surface area contributed by atoms with Crippen LogP contribution in [-0.2, 0) is 28.9 Å². The molecule has 0 bridgehead atoms. The summed E-state index contributed by atoms with van der Waals surface area (Å²) in [5.41, 5.74) is 10.7. The monoisotopic (exact) mass is 508 g/mol. The van der Waals surface area contributed by atoms with Gasteiger partial charge in [0.1, 0.15) is 12.4 Å². The lowest BCUT2D eigenvalue weighted by molar-refractivity contribution is -0.143. The molecule has 3 N–H and O–H groups in total. The molecular weight excluding hydrogens is 468 g/mol. The zero-order valence-corrected chi connectivity index (χ0v) is 22.2. The number of carbonyl (C=O) groups excluding carboxylic acids is 1. The number of fused-ring (bicyclic) bond motifs is 1. The van der Waals surface area contributed by atoms with Crippen molar-refractivity contribution in [3.8, 4) is 5.75 Å². The van der Waals surface area contributed by atoms with Crippen molar-refractivity contribution in [2.75, 3.05) is 52.2 Å². The maximum absolute atomic E-state index is 12.4. The Morgan fingerprint density at radius 3 is 2.76 bits per heavy atom. The SMILES string of the molecule is CCCCCCc1nc(N)nc2ccn(Cc3ccc(CC(=O)OCCN4CCNCC4)cc3OC)c12. The molecule has 1 saturated heterocycles. The van der Waals surface area contributed by atoms with Gasteiger partial charge in [0.05, 0.1) is 36.8 Å². The van der Waals surface area contributed by atoms with Gasteiger partial charge in [0.15, 0.2) is 0 Å². The van der Waals surface area contributed by atoms with E-state index in [9.17, 15) is 4.79 Å². The van der Waals surface area contributed by atoms with Gasteiger partial charge in [0, 0.05) is 44.5 Å². The van der Waals surface area contributed by atoms with Crippen molar-refractivity contribution in [3.63, 3.8) is 0 Å². The minimum absolute atomic E-state index is 0.219. The molecule has 0 unspecified atom stereocenters. The Kier molecular flexibility index (Phi) is 9.73. The van der Waals surface area contributed by atoms with E-state index in [0.29, 0.717) is 19.1 Å². The van der Waals surface area contributed by atoms with Crippen molar-refractivity contribution in [1.29, 1.82) is 0 Å². The number of ether oxygens (including phenoxy) is 2. The largest absolute Gasteiger partial charge is 0.496 e. The van der Waals surface area contributed by atoms with E-state index in [1.807, 2.05) is 30.5 Å². The van der Waals surface area contributed by atoms with E-state index in [0.717, 1.165) is 79.2 Å². The summed E-state index contributed by atoms with van der Waals surface area (Å²) in [5.74, 6) is 0.843. The number of aryl methyl sites for hydroxylation is 1. The highest BCUT2D eigenvalue weighted by molar-refractivity contribution is 5.79. The number of esters is 1. The minimum Gasteiger partial charge on any atom is -0.496 e. The van der Waals surface area contributed by atoms with Crippen LogP contribution >= 0.6 is 0 Å². The first-order chi connectivity index (χ1) is 18.1. The Morgan fingerprint density at radius 2 is 1.97 bits per heavy atom. The van der Waals surface area contributed by atoms with Crippen molar-refractivity contribution < 1.29 is 14.3 Å². The highest BCUT2D eigenvalue weighted by Gasteiger charge is 2.15. The van der Waals surface area contributed by atoms with E-state index in [-0.39, 0.29) is 12.4 Å². The molecule has 9 nitrogen and oxygen atoms in total. The fourth-order valence-corrected chi connectivity index (χ4v) is 4.88. The van der Waals surface area contributed by atoms with E-state index < -0.39 is 0 Å². The molecule has 9 heteroatoms. The van der Waals surface area contributed by atoms with Crippen molar-refractivity contribution >= 4 is 23.0 Å². The molecule has 0 saturated carbocycles. The molecule has 0 amide bonds. The number of rotatable bonds is 13. The number of hydrogen-bond acceptors (Lipinski definition) is 8. The van der Waals surface area contributed by atoms with Gasteiger partial charge < -0.3 is 25.1 Å². The second-order valence-corrected chi connectivity index (χ2v) is 9.65. The molecule has 4 rings (SSSR count). The average Bonchev–Trinajstić information content (AvgIpc) is 3.30. The van der Waals surface area contributed by atoms with E-state index in [1.165, 1.54) is 19.3 Å². The summed E-state index contributed by atoms with van der Waals surface area (Å²) in [6, 6.07) is 7.91. The van der Waals surface area contributed by atoms with E-state index in [4.69, 9.17) is 15.2 Å². The maximum Gasteiger partial charge on any atom is 0.310 e. The Morgan fingerprint density at radius 1 is 1.14 bits per heavy atom. The lowest BCUT2D eigenvalue weighted by Crippen LogP contribution is -2.44. The van der Waals surface area contributed by atoms with Gasteiger partial charge in [-0.2, -0.15) is 0 Å². The highest BCUT2D eigenvalue weighted by atomic mass is 16.5. The number of piperazine rings is 1. The van der Waals surface area contributed by atoms with Gasteiger partial charge in [-0.25, -0.2) is 9.97 Å². The number of carbonyl (C=O) groups is 1. The third-order valence-electron chi connectivity index (χ3n) is 6.89. The Labute approximate surface area is 219 Å². The summed E-state index contributed by atoms with van der Waals surface area (Å²) in [5, 5.41) is 3.33. The number of nitrogens with zero attached hydrogens (tertiary/aromatic N) is 4. The predicted octanol–water partition coefficient (Wildman–Crippen LogP) is 3.18. The van der Waals surface area contributed by atoms with Crippen LogP contribution in [0.4, 0.5) is 5.95 Å². The topological polar surface area (TPSA) is 108 Å². The second-order valence-electron chi connectivity index (χ2n) is 9.65. The molecule has 2 aromatic heterocycles. The first-order valence-electron chi connectivity index (χ1n) is 13.4. The van der Waals surface area contributed by atoms with E-state index >= 15 is 0 Å². The van der Waals surface area contributed by atoms with E-state index in [2.05, 4.69) is 31.7 Å². The zero-order chi connectivity index (χ0) is 26.0. The number of methoxy groups -OCH3 is 1. The van der Waals surface area contributed by atoms with Crippen LogP contribution < -0.4 is 15.8 Å². The van der Waals surface area contributed by atoms with Crippen LogP contribution in [0.2, 0.25) is 0 Å². The molecule has 3 heterocycles. The van der Waals surface area contributed by atoms with Crippen LogP contribution in [0.5, 0.6) is 5.75 Å². The summed E-state index contributed by atoms with van der Waals surface area (Å²) in [6.07, 6.45) is 7.79. The van der Waals surface area contributed by atoms with Gasteiger partial charge >= 0.3 is 5.97 Å². The summed E-state index contributed by atoms with van der Waals surface area (Å²) in [7, 11) is 1.66. The van der Waals surface area contributed by atoms with Gasteiger partial charge in [-0.05, 0) is 30.5 Å². The molecule has 0 radical (unpaired) electrons. The fraction of sp³-hybridized carbons (Fsp3) is 0.536. The number of nitrogens with one attached hydrogen (secondary N) is 1. The molecule has 1 fully saturated rings. The van der Waals surface area contributed by atoms with Crippen molar-refractivity contribution in [3.05, 3.63) is 47.3 Å². The van der Waals surface area contributed by atoms with Crippen molar-refractivity contribution in [2.45, 2.75) is 52.0 Å². The molecule has 0 aliphatic carbocycles. The Bertz CT molecular complexity index is 1170. The van der Waals surface area contributed by atoms with Crippen molar-refractivity contribution in [1.82, 2.24) is 24.8 Å². The molecule has 37 heavy (non-hydrogen) atoms. The molecule has 1 aliphatic rings. The number of nitrogen functional groups attached to an aromatic ring is 1. The number of anilines is 1. The first-order valence-corrected chi connectivity index (χ1v) is 13.4. The summed E-state index contributed by atoms with van der Waals surface area (Å²) in [6.45, 7) is 7.97. The quantitative estimate of drug-likeness (QED) is 0.268. The number of aromatic nitrogens is 3. The van der Waals surface area contributed by atoms with Gasteiger partial charge in [-0.3, -0.25) is 9.69 Å². The van der Waals surface area contributed by atoms with Gasteiger partial charge in [-0.1, -0.05) is 38.3 Å². The number of benzene rings is 1. The standard InChI is InChI=1S/C28H40N6O3/c1-3-4-5-6-7-23-27-24(32-28(29)31-23)10-13-34(27)20-22-9-8-21(18-25(22)36-2)19-26(35)37-17-16-33-14-11-30-12-15-33/h8-10,13,18,30H,3-7,11-12,14-17,19-20H2,1-2H3,(H2,29,31,32). The van der Waals surface area contributed by atoms with Gasteiger partial charge in [0.2, 0.25) is 5.95 Å². The summed E-state index contributed by atoms with van der Waals surface area (Å²) < 4.78 is 13.3. The minimum atomic E-state index is -0.219. The number of unbranched alkanes of at least 4 members (excludes halogenated alkanes) is 3. The third-order valence-corrected chi connectivity index (χ3v) is 6.89. The molecule has 0 atom stereocenters. The Hall–Kier alpha value is -3.17. The first kappa shape index (κ1) is 26.9. The number of hydrogen-bond donors (Lipinski definition) is 2. The smallest absolute Gasteiger partial charge is 0.310 e. The molecule has 3 aromatic rings. The third kappa shape index (κ3) is 7.42. The molecule has 1 aliphatic heterocycles. The molecule has 200 valence electrons. The average molecular weight is 509 g/mol. The van der Waals surface area contributed by atoms with Crippen LogP contribution in [0.1, 0.15) is 49.4 Å². The predicted molar refractivity (Wildman–Crippen MR) is 146 cm³/mol. The van der Waals surface area contributed by atoms with E-state index in [1.54, 1.807) is 7.11 Å². The van der Waals surface area contributed by atoms with Crippen LogP contribution in [0.15, 0.2) is 30.5 Å². The Balaban J connectivity index is 1.41. The van der Waals surface area contributed by atoms with Crippen molar-refractivity contribution in [2.24, 2.45) is 0 Å². The van der Waals surface area contributed by atoms with Crippen LogP contribution in [0, 0.1) is 0 Å². The second kappa shape index (κ2) is 13.4. The summed E-state index contributed by atoms with van der Waals surface area (Å²) in [4.78, 5) is 23.7.